The Bertz CT molecular complexity index is 952. The van der Waals surface area contributed by atoms with Gasteiger partial charge in [-0.2, -0.15) is 0 Å². The number of esters is 1. The van der Waals surface area contributed by atoms with Gasteiger partial charge < -0.3 is 9.64 Å². The third-order valence-corrected chi connectivity index (χ3v) is 6.21. The number of benzene rings is 2. The quantitative estimate of drug-likeness (QED) is 0.516. The van der Waals surface area contributed by atoms with Crippen molar-refractivity contribution in [2.24, 2.45) is 0 Å². The zero-order valence-corrected chi connectivity index (χ0v) is 20.1. The van der Waals surface area contributed by atoms with Gasteiger partial charge in [-0.05, 0) is 74.6 Å². The first-order valence-electron chi connectivity index (χ1n) is 10.0. The first-order valence-corrected chi connectivity index (χ1v) is 11.2. The minimum atomic E-state index is -0.580. The van der Waals surface area contributed by atoms with E-state index in [0.29, 0.717) is 5.02 Å². The number of rotatable bonds is 5. The van der Waals surface area contributed by atoms with Crippen molar-refractivity contribution >= 4 is 39.4 Å². The van der Waals surface area contributed by atoms with Crippen molar-refractivity contribution in [2.75, 3.05) is 13.6 Å². The van der Waals surface area contributed by atoms with Crippen molar-refractivity contribution in [2.45, 2.75) is 51.0 Å². The Hall–Kier alpha value is -1.85. The van der Waals surface area contributed by atoms with E-state index in [1.165, 1.54) is 10.5 Å². The molecule has 1 aliphatic carbocycles. The highest BCUT2D eigenvalue weighted by Gasteiger charge is 2.42. The molecule has 2 aromatic rings. The van der Waals surface area contributed by atoms with Crippen LogP contribution in [-0.4, -0.2) is 36.0 Å². The molecule has 0 aliphatic heterocycles. The van der Waals surface area contributed by atoms with Crippen LogP contribution in [0.15, 0.2) is 46.9 Å². The summed E-state index contributed by atoms with van der Waals surface area (Å²) in [6.07, 6.45) is 2.00. The fourth-order valence-corrected chi connectivity index (χ4v) is 4.66. The first-order chi connectivity index (χ1) is 14.0. The maximum absolute atomic E-state index is 13.2. The lowest BCUT2D eigenvalue weighted by molar-refractivity contribution is -0.158. The molecule has 0 saturated heterocycles. The summed E-state index contributed by atoms with van der Waals surface area (Å²) in [5.41, 5.74) is 2.43. The van der Waals surface area contributed by atoms with E-state index in [0.717, 1.165) is 28.4 Å². The van der Waals surface area contributed by atoms with Crippen molar-refractivity contribution in [1.82, 2.24) is 4.90 Å². The van der Waals surface area contributed by atoms with Crippen molar-refractivity contribution in [3.05, 3.63) is 68.7 Å². The lowest BCUT2D eigenvalue weighted by Gasteiger charge is -2.33. The molecule has 160 valence electrons. The van der Waals surface area contributed by atoms with Gasteiger partial charge in [0, 0.05) is 28.4 Å². The smallest absolute Gasteiger partial charge is 0.326 e. The summed E-state index contributed by atoms with van der Waals surface area (Å²) < 4.78 is 6.40. The summed E-state index contributed by atoms with van der Waals surface area (Å²) in [6.45, 7) is 5.38. The standard InChI is InChI=1S/C24H27BrClNO3/c1-23(2,3)30-22(29)15-27(4)21(28)14-24(17-5-8-19(26)9-6-17)12-11-16-13-18(25)7-10-20(16)24/h5-10,13H,11-12,14-15H2,1-4H3/t24-/m0/s1. The van der Waals surface area contributed by atoms with E-state index in [2.05, 4.69) is 28.1 Å². The van der Waals surface area contributed by atoms with E-state index in [9.17, 15) is 9.59 Å². The summed E-state index contributed by atoms with van der Waals surface area (Å²) in [4.78, 5) is 26.9. The normalized spacial score (nSPS) is 18.1. The molecule has 0 N–H and O–H groups in total. The van der Waals surface area contributed by atoms with Crippen LogP contribution in [0.4, 0.5) is 0 Å². The van der Waals surface area contributed by atoms with Gasteiger partial charge in [0.1, 0.15) is 12.1 Å². The fraction of sp³-hybridized carbons (Fsp3) is 0.417. The van der Waals surface area contributed by atoms with Crippen LogP contribution < -0.4 is 0 Å². The Morgan fingerprint density at radius 3 is 2.47 bits per heavy atom. The Labute approximate surface area is 191 Å². The van der Waals surface area contributed by atoms with Gasteiger partial charge in [-0.3, -0.25) is 9.59 Å². The molecule has 3 rings (SSSR count). The molecular formula is C24H27BrClNO3. The molecule has 6 heteroatoms. The van der Waals surface area contributed by atoms with Crippen LogP contribution in [-0.2, 0) is 26.2 Å². The van der Waals surface area contributed by atoms with Gasteiger partial charge >= 0.3 is 5.97 Å². The number of likely N-dealkylation sites (N-methyl/N-ethyl adjacent to an activating group) is 1. The number of aryl methyl sites for hydroxylation is 1. The molecule has 0 bridgehead atoms. The molecular weight excluding hydrogens is 466 g/mol. The number of carbonyl (C=O) groups is 2. The van der Waals surface area contributed by atoms with Gasteiger partial charge in [-0.25, -0.2) is 0 Å². The number of ether oxygens (including phenoxy) is 1. The van der Waals surface area contributed by atoms with Crippen LogP contribution >= 0.6 is 27.5 Å². The Kier molecular flexibility index (Phi) is 6.63. The molecule has 0 saturated carbocycles. The highest BCUT2D eigenvalue weighted by atomic mass is 79.9. The van der Waals surface area contributed by atoms with E-state index >= 15 is 0 Å². The molecule has 2 aromatic carbocycles. The number of amides is 1. The molecule has 0 aromatic heterocycles. The molecule has 0 radical (unpaired) electrons. The lowest BCUT2D eigenvalue weighted by atomic mass is 9.72. The summed E-state index contributed by atoms with van der Waals surface area (Å²) in [5, 5.41) is 0.663. The molecule has 1 aliphatic rings. The average molecular weight is 493 g/mol. The van der Waals surface area contributed by atoms with E-state index in [4.69, 9.17) is 16.3 Å². The molecule has 0 unspecified atom stereocenters. The second-order valence-electron chi connectivity index (χ2n) is 8.90. The highest BCUT2D eigenvalue weighted by molar-refractivity contribution is 9.10. The topological polar surface area (TPSA) is 46.6 Å². The number of halogens is 2. The number of hydrogen-bond donors (Lipinski definition) is 0. The van der Waals surface area contributed by atoms with Gasteiger partial charge in [-0.1, -0.05) is 45.7 Å². The maximum atomic E-state index is 13.2. The molecule has 30 heavy (non-hydrogen) atoms. The molecule has 0 heterocycles. The van der Waals surface area contributed by atoms with Crippen LogP contribution in [0.25, 0.3) is 0 Å². The van der Waals surface area contributed by atoms with Crippen LogP contribution in [0.1, 0.15) is 50.3 Å². The van der Waals surface area contributed by atoms with E-state index in [-0.39, 0.29) is 18.9 Å². The second kappa shape index (κ2) is 8.72. The molecule has 1 amide bonds. The first kappa shape index (κ1) is 22.8. The summed E-state index contributed by atoms with van der Waals surface area (Å²) in [7, 11) is 1.65. The predicted molar refractivity (Wildman–Crippen MR) is 123 cm³/mol. The average Bonchev–Trinajstić information content (AvgIpc) is 2.99. The van der Waals surface area contributed by atoms with Gasteiger partial charge in [0.2, 0.25) is 5.91 Å². The minimum absolute atomic E-state index is 0.0694. The van der Waals surface area contributed by atoms with Crippen molar-refractivity contribution < 1.29 is 14.3 Å². The van der Waals surface area contributed by atoms with Crippen LogP contribution in [0.2, 0.25) is 5.02 Å². The van der Waals surface area contributed by atoms with Crippen molar-refractivity contribution in [1.29, 1.82) is 0 Å². The molecule has 4 nitrogen and oxygen atoms in total. The Morgan fingerprint density at radius 2 is 1.83 bits per heavy atom. The van der Waals surface area contributed by atoms with E-state index < -0.39 is 17.0 Å². The number of carbonyl (C=O) groups excluding carboxylic acids is 2. The van der Waals surface area contributed by atoms with Crippen molar-refractivity contribution in [3.8, 4) is 0 Å². The SMILES string of the molecule is CN(CC(=O)OC(C)(C)C)C(=O)C[C@]1(c2ccc(Cl)cc2)CCc2cc(Br)ccc21. The van der Waals surface area contributed by atoms with E-state index in [1.54, 1.807) is 7.05 Å². The van der Waals surface area contributed by atoms with E-state index in [1.807, 2.05) is 51.1 Å². The zero-order chi connectivity index (χ0) is 22.1. The largest absolute Gasteiger partial charge is 0.459 e. The molecule has 0 fully saturated rings. The Balaban J connectivity index is 1.89. The summed E-state index contributed by atoms with van der Waals surface area (Å²) in [6, 6.07) is 14.0. The molecule has 1 atom stereocenters. The number of hydrogen-bond acceptors (Lipinski definition) is 3. The van der Waals surface area contributed by atoms with Gasteiger partial charge in [0.05, 0.1) is 0 Å². The van der Waals surface area contributed by atoms with Gasteiger partial charge in [-0.15, -0.1) is 0 Å². The van der Waals surface area contributed by atoms with Gasteiger partial charge in [0.25, 0.3) is 0 Å². The lowest BCUT2D eigenvalue weighted by Crippen LogP contribution is -2.40. The monoisotopic (exact) mass is 491 g/mol. The fourth-order valence-electron chi connectivity index (χ4n) is 4.12. The van der Waals surface area contributed by atoms with Crippen LogP contribution in [0, 0.1) is 0 Å². The summed E-state index contributed by atoms with van der Waals surface area (Å²) >= 11 is 9.67. The third kappa shape index (κ3) is 5.06. The highest BCUT2D eigenvalue weighted by Crippen LogP contribution is 2.47. The number of nitrogens with zero attached hydrogens (tertiary/aromatic N) is 1. The predicted octanol–water partition coefficient (Wildman–Crippen LogP) is 5.53. The zero-order valence-electron chi connectivity index (χ0n) is 17.8. The molecule has 0 spiro atoms. The summed E-state index contributed by atoms with van der Waals surface area (Å²) in [5.74, 6) is -0.499. The maximum Gasteiger partial charge on any atom is 0.326 e. The van der Waals surface area contributed by atoms with Crippen LogP contribution in [0.3, 0.4) is 0 Å². The van der Waals surface area contributed by atoms with Crippen LogP contribution in [0.5, 0.6) is 0 Å². The van der Waals surface area contributed by atoms with Gasteiger partial charge in [0.15, 0.2) is 0 Å². The second-order valence-corrected chi connectivity index (χ2v) is 10.3. The minimum Gasteiger partial charge on any atom is -0.459 e. The van der Waals surface area contributed by atoms with Crippen molar-refractivity contribution in [3.63, 3.8) is 0 Å². The third-order valence-electron chi connectivity index (χ3n) is 5.47. The number of fused-ring (bicyclic) bond motifs is 1. The Morgan fingerprint density at radius 1 is 1.17 bits per heavy atom.